The molecule has 0 unspecified atom stereocenters. The molecule has 0 bridgehead atoms. The third kappa shape index (κ3) is 2.57. The average molecular weight is 369 g/mol. The van der Waals surface area contributed by atoms with Crippen molar-refractivity contribution >= 4 is 23.9 Å². The molecule has 0 radical (unpaired) electrons. The van der Waals surface area contributed by atoms with Crippen molar-refractivity contribution in [2.24, 2.45) is 11.3 Å². The van der Waals surface area contributed by atoms with Gasteiger partial charge < -0.3 is 18.9 Å². The van der Waals surface area contributed by atoms with Gasteiger partial charge in [-0.05, 0) is 19.9 Å². The van der Waals surface area contributed by atoms with E-state index in [9.17, 15) is 19.2 Å². The van der Waals surface area contributed by atoms with Crippen molar-refractivity contribution in [2.75, 3.05) is 35.5 Å². The van der Waals surface area contributed by atoms with Crippen LogP contribution in [-0.4, -0.2) is 76.3 Å². The van der Waals surface area contributed by atoms with Crippen molar-refractivity contribution < 1.29 is 38.1 Å². The monoisotopic (exact) mass is 369 g/mol. The fourth-order valence-corrected chi connectivity index (χ4v) is 4.31. The molecule has 0 aromatic rings. The summed E-state index contributed by atoms with van der Waals surface area (Å²) in [6.45, 7) is 0. The minimum absolute atomic E-state index is 0.00301. The van der Waals surface area contributed by atoms with Gasteiger partial charge in [0, 0.05) is 6.04 Å². The normalized spacial score (nSPS) is 30.7. The Labute approximate surface area is 151 Å². The zero-order chi connectivity index (χ0) is 19.6. The van der Waals surface area contributed by atoms with Gasteiger partial charge in [-0.15, -0.1) is 0 Å². The van der Waals surface area contributed by atoms with Crippen LogP contribution in [0.4, 0.5) is 0 Å². The predicted molar refractivity (Wildman–Crippen MR) is 86.6 cm³/mol. The Hall–Kier alpha value is -2.42. The number of likely N-dealkylation sites (N-methyl/N-ethyl adjacent to an activating group) is 1. The maximum atomic E-state index is 13.0. The van der Waals surface area contributed by atoms with Crippen LogP contribution in [-0.2, 0) is 38.1 Å². The molecule has 1 saturated heterocycles. The van der Waals surface area contributed by atoms with Crippen molar-refractivity contribution in [3.05, 3.63) is 11.6 Å². The van der Waals surface area contributed by atoms with Gasteiger partial charge in [0.15, 0.2) is 0 Å². The lowest BCUT2D eigenvalue weighted by molar-refractivity contribution is -0.167. The second-order valence-electron chi connectivity index (χ2n) is 6.20. The van der Waals surface area contributed by atoms with Gasteiger partial charge in [-0.2, -0.15) is 0 Å². The number of methoxy groups -OCH3 is 4. The zero-order valence-electron chi connectivity index (χ0n) is 15.4. The topological polar surface area (TPSA) is 108 Å². The number of allylic oxidation sites excluding steroid dienone is 1. The molecule has 0 aromatic heterocycles. The van der Waals surface area contributed by atoms with Gasteiger partial charge in [0.25, 0.3) is 0 Å². The molecular formula is C17H23NO8. The molecule has 0 spiro atoms. The molecule has 2 rings (SSSR count). The van der Waals surface area contributed by atoms with Crippen LogP contribution in [0, 0.1) is 11.3 Å². The highest BCUT2D eigenvalue weighted by Crippen LogP contribution is 2.55. The highest BCUT2D eigenvalue weighted by Gasteiger charge is 2.71. The van der Waals surface area contributed by atoms with E-state index in [2.05, 4.69) is 0 Å². The summed E-state index contributed by atoms with van der Waals surface area (Å²) >= 11 is 0. The van der Waals surface area contributed by atoms with Crippen molar-refractivity contribution in [1.82, 2.24) is 4.90 Å². The second-order valence-corrected chi connectivity index (χ2v) is 6.20. The molecule has 0 saturated carbocycles. The molecule has 9 nitrogen and oxygen atoms in total. The van der Waals surface area contributed by atoms with Gasteiger partial charge in [-0.3, -0.25) is 19.3 Å². The van der Waals surface area contributed by atoms with E-state index >= 15 is 0 Å². The van der Waals surface area contributed by atoms with E-state index in [0.717, 1.165) is 14.2 Å². The Morgan fingerprint density at radius 1 is 1.00 bits per heavy atom. The largest absolute Gasteiger partial charge is 0.469 e. The summed E-state index contributed by atoms with van der Waals surface area (Å²) in [5.74, 6) is -4.38. The van der Waals surface area contributed by atoms with E-state index in [1.165, 1.54) is 14.2 Å². The molecular weight excluding hydrogens is 346 g/mol. The number of hydrogen-bond acceptors (Lipinski definition) is 9. The molecule has 0 aromatic carbocycles. The Kier molecular flexibility index (Phi) is 5.70. The summed E-state index contributed by atoms with van der Waals surface area (Å²) in [5.41, 5.74) is -1.72. The SMILES string of the molecule is COC(=O)C1=CCC[C@H]2N(C)[C@@H](C(=O)OC)[C@@H](C(=O)OC)[C@@]12C(=O)OC. The van der Waals surface area contributed by atoms with Crippen LogP contribution in [0.25, 0.3) is 0 Å². The number of esters is 4. The first-order chi connectivity index (χ1) is 12.3. The van der Waals surface area contributed by atoms with E-state index in [4.69, 9.17) is 18.9 Å². The predicted octanol–water partition coefficient (Wildman–Crippen LogP) is -0.316. The van der Waals surface area contributed by atoms with Crippen LogP contribution < -0.4 is 0 Å². The lowest BCUT2D eigenvalue weighted by Crippen LogP contribution is -2.54. The van der Waals surface area contributed by atoms with Crippen molar-refractivity contribution in [1.29, 1.82) is 0 Å². The fourth-order valence-electron chi connectivity index (χ4n) is 4.31. The van der Waals surface area contributed by atoms with Gasteiger partial charge in [0.2, 0.25) is 0 Å². The number of nitrogens with zero attached hydrogens (tertiary/aromatic N) is 1. The molecule has 1 fully saturated rings. The van der Waals surface area contributed by atoms with Crippen molar-refractivity contribution in [2.45, 2.75) is 24.9 Å². The number of likely N-dealkylation sites (tertiary alicyclic amines) is 1. The van der Waals surface area contributed by atoms with Crippen LogP contribution in [0.3, 0.4) is 0 Å². The Morgan fingerprint density at radius 2 is 1.62 bits per heavy atom. The minimum Gasteiger partial charge on any atom is -0.469 e. The number of carbonyl (C=O) groups is 4. The molecule has 144 valence electrons. The first-order valence-corrected chi connectivity index (χ1v) is 8.07. The summed E-state index contributed by atoms with van der Waals surface area (Å²) in [4.78, 5) is 52.1. The van der Waals surface area contributed by atoms with Crippen molar-refractivity contribution in [3.8, 4) is 0 Å². The van der Waals surface area contributed by atoms with Crippen LogP contribution in [0.2, 0.25) is 0 Å². The standard InChI is InChI=1S/C17H23NO8/c1-18-10-8-6-7-9(13(19)23-2)17(10,16(22)26-5)11(14(20)24-3)12(18)15(21)25-4/h7,10-12H,6,8H2,1-5H3/t10-,11+,12-,17-/m1/s1. The minimum atomic E-state index is -1.72. The number of rotatable bonds is 4. The van der Waals surface area contributed by atoms with E-state index in [-0.39, 0.29) is 5.57 Å². The summed E-state index contributed by atoms with van der Waals surface area (Å²) < 4.78 is 19.5. The van der Waals surface area contributed by atoms with E-state index in [1.807, 2.05) is 0 Å². The lowest BCUT2D eigenvalue weighted by atomic mass is 9.62. The second kappa shape index (κ2) is 7.45. The van der Waals surface area contributed by atoms with Gasteiger partial charge in [0.05, 0.1) is 34.0 Å². The summed E-state index contributed by atoms with van der Waals surface area (Å²) in [7, 11) is 6.29. The fraction of sp³-hybridized carbons (Fsp3) is 0.647. The first-order valence-electron chi connectivity index (χ1n) is 8.07. The maximum Gasteiger partial charge on any atom is 0.334 e. The van der Waals surface area contributed by atoms with Crippen LogP contribution in [0.15, 0.2) is 11.6 Å². The quantitative estimate of drug-likeness (QED) is 0.487. The molecule has 26 heavy (non-hydrogen) atoms. The van der Waals surface area contributed by atoms with Gasteiger partial charge >= 0.3 is 23.9 Å². The zero-order valence-corrected chi connectivity index (χ0v) is 15.4. The third-order valence-electron chi connectivity index (χ3n) is 5.32. The molecule has 9 heteroatoms. The molecule has 4 atom stereocenters. The van der Waals surface area contributed by atoms with E-state index in [1.54, 1.807) is 18.0 Å². The lowest BCUT2D eigenvalue weighted by Gasteiger charge is -2.40. The van der Waals surface area contributed by atoms with Crippen LogP contribution in [0.1, 0.15) is 12.8 Å². The Balaban J connectivity index is 2.81. The number of hydrogen-bond donors (Lipinski definition) is 0. The summed E-state index contributed by atoms with van der Waals surface area (Å²) in [6, 6.07) is -1.75. The average Bonchev–Trinajstić information content (AvgIpc) is 2.95. The molecule has 1 heterocycles. The summed E-state index contributed by atoms with van der Waals surface area (Å²) in [5, 5.41) is 0. The smallest absolute Gasteiger partial charge is 0.334 e. The molecule has 1 aliphatic heterocycles. The van der Waals surface area contributed by atoms with E-state index < -0.39 is 47.3 Å². The number of fused-ring (bicyclic) bond motifs is 1. The number of ether oxygens (including phenoxy) is 4. The van der Waals surface area contributed by atoms with Gasteiger partial charge in [-0.25, -0.2) is 4.79 Å². The number of carbonyl (C=O) groups excluding carboxylic acids is 4. The highest BCUT2D eigenvalue weighted by atomic mass is 16.5. The first kappa shape index (κ1) is 19.9. The molecule has 0 N–H and O–H groups in total. The van der Waals surface area contributed by atoms with Crippen molar-refractivity contribution in [3.63, 3.8) is 0 Å². The van der Waals surface area contributed by atoms with E-state index in [0.29, 0.717) is 12.8 Å². The Bertz CT molecular complexity index is 657. The summed E-state index contributed by atoms with van der Waals surface area (Å²) in [6.07, 6.45) is 2.47. The Morgan fingerprint density at radius 3 is 2.12 bits per heavy atom. The van der Waals surface area contributed by atoms with Gasteiger partial charge in [-0.1, -0.05) is 6.08 Å². The highest BCUT2D eigenvalue weighted by molar-refractivity contribution is 6.04. The van der Waals surface area contributed by atoms with Crippen LogP contribution >= 0.6 is 0 Å². The van der Waals surface area contributed by atoms with Gasteiger partial charge in [0.1, 0.15) is 17.4 Å². The molecule has 1 aliphatic carbocycles. The maximum absolute atomic E-state index is 13.0. The third-order valence-corrected chi connectivity index (χ3v) is 5.32. The molecule has 0 amide bonds. The van der Waals surface area contributed by atoms with Crippen LogP contribution in [0.5, 0.6) is 0 Å². The molecule has 2 aliphatic rings.